The number of carbonyl (C=O) groups is 1. The third kappa shape index (κ3) is 23.2. The van der Waals surface area contributed by atoms with Crippen LogP contribution < -0.4 is 5.32 Å². The van der Waals surface area contributed by atoms with E-state index in [4.69, 9.17) is 4.55 Å². The van der Waals surface area contributed by atoms with Crippen LogP contribution in [0.4, 0.5) is 0 Å². The number of hydrogen-bond donors (Lipinski definition) is 2. The molecule has 5 nitrogen and oxygen atoms in total. The van der Waals surface area contributed by atoms with E-state index in [2.05, 4.69) is 12.2 Å². The Kier molecular flexibility index (Phi) is 18.8. The minimum Gasteiger partial charge on any atom is -0.351 e. The molecule has 0 aliphatic carbocycles. The van der Waals surface area contributed by atoms with Gasteiger partial charge in [-0.2, -0.15) is 8.42 Å². The van der Waals surface area contributed by atoms with Crippen molar-refractivity contribution < 1.29 is 17.8 Å². The van der Waals surface area contributed by atoms with Gasteiger partial charge in [-0.15, -0.1) is 0 Å². The molecule has 28 heavy (non-hydrogen) atoms. The second-order valence-electron chi connectivity index (χ2n) is 7.72. The average Bonchev–Trinajstić information content (AvgIpc) is 2.63. The fraction of sp³-hybridized carbons (Fsp3) is 0.864. The summed E-state index contributed by atoms with van der Waals surface area (Å²) >= 11 is 0. The summed E-state index contributed by atoms with van der Waals surface area (Å²) in [6.07, 6.45) is 24.2. The van der Waals surface area contributed by atoms with Gasteiger partial charge < -0.3 is 5.32 Å². The Bertz CT molecular complexity index is 489. The lowest BCUT2D eigenvalue weighted by molar-refractivity contribution is -0.116. The molecule has 0 spiro atoms. The Labute approximate surface area is 173 Å². The van der Waals surface area contributed by atoms with Crippen LogP contribution in [0.2, 0.25) is 0 Å². The first-order valence-corrected chi connectivity index (χ1v) is 13.0. The van der Waals surface area contributed by atoms with E-state index in [0.29, 0.717) is 0 Å². The van der Waals surface area contributed by atoms with Gasteiger partial charge in [-0.05, 0) is 18.9 Å². The van der Waals surface area contributed by atoms with Gasteiger partial charge in [-0.1, -0.05) is 103 Å². The summed E-state index contributed by atoms with van der Waals surface area (Å²) in [4.78, 5) is 11.4. The molecular weight excluding hydrogens is 374 g/mol. The lowest BCUT2D eigenvalue weighted by Gasteiger charge is -2.03. The maximum atomic E-state index is 11.4. The van der Waals surface area contributed by atoms with Crippen LogP contribution in [0.3, 0.4) is 0 Å². The highest BCUT2D eigenvalue weighted by molar-refractivity contribution is 7.85. The van der Waals surface area contributed by atoms with Gasteiger partial charge in [-0.3, -0.25) is 9.35 Å². The second-order valence-corrected chi connectivity index (χ2v) is 9.29. The molecule has 0 radical (unpaired) electrons. The van der Waals surface area contributed by atoms with Crippen LogP contribution in [0.25, 0.3) is 0 Å². The molecule has 0 aromatic carbocycles. The average molecular weight is 418 g/mol. The maximum absolute atomic E-state index is 11.4. The van der Waals surface area contributed by atoms with E-state index in [1.165, 1.54) is 96.0 Å². The monoisotopic (exact) mass is 417 g/mol. The summed E-state index contributed by atoms with van der Waals surface area (Å²) in [5.74, 6) is -0.768. The summed E-state index contributed by atoms with van der Waals surface area (Å²) in [5, 5.41) is 2.43. The van der Waals surface area contributed by atoms with E-state index in [0.717, 1.165) is 12.8 Å². The van der Waals surface area contributed by atoms with Crippen LogP contribution in [0.15, 0.2) is 12.2 Å². The maximum Gasteiger partial charge on any atom is 0.266 e. The number of nitrogens with one attached hydrogen (secondary N) is 1. The fourth-order valence-corrected chi connectivity index (χ4v) is 3.55. The fourth-order valence-electron chi connectivity index (χ4n) is 3.19. The predicted molar refractivity (Wildman–Crippen MR) is 118 cm³/mol. The lowest BCUT2D eigenvalue weighted by atomic mass is 10.0. The van der Waals surface area contributed by atoms with Crippen molar-refractivity contribution in [3.05, 3.63) is 12.2 Å². The number of amides is 1. The number of allylic oxidation sites excluding steroid dienone is 1. The van der Waals surface area contributed by atoms with Crippen LogP contribution >= 0.6 is 0 Å². The first-order chi connectivity index (χ1) is 13.5. The number of hydrogen-bond acceptors (Lipinski definition) is 3. The molecule has 0 atom stereocenters. The van der Waals surface area contributed by atoms with Crippen molar-refractivity contribution in [3.63, 3.8) is 0 Å². The Balaban J connectivity index is 3.25. The standard InChI is InChI=1S/C22H43NO4S/c1-2-3-4-5-6-7-8-9-10-11-12-13-14-15-16-17-18-19-22(24)23-20-21-28(25,26)27/h18-19H,2-17,20-21H2,1H3,(H,23,24)(H,25,26,27)/b19-18+. The third-order valence-electron chi connectivity index (χ3n) is 4.90. The van der Waals surface area contributed by atoms with Crippen molar-refractivity contribution in [2.75, 3.05) is 12.3 Å². The molecule has 2 N–H and O–H groups in total. The van der Waals surface area contributed by atoms with Crippen molar-refractivity contribution in [2.24, 2.45) is 0 Å². The molecule has 0 unspecified atom stereocenters. The molecule has 0 saturated carbocycles. The van der Waals surface area contributed by atoms with Gasteiger partial charge in [0.25, 0.3) is 10.1 Å². The molecule has 0 aromatic rings. The second kappa shape index (κ2) is 19.4. The molecule has 0 rings (SSSR count). The van der Waals surface area contributed by atoms with E-state index < -0.39 is 15.9 Å². The van der Waals surface area contributed by atoms with E-state index in [9.17, 15) is 13.2 Å². The smallest absolute Gasteiger partial charge is 0.266 e. The largest absolute Gasteiger partial charge is 0.351 e. The van der Waals surface area contributed by atoms with Crippen molar-refractivity contribution in [3.8, 4) is 0 Å². The molecule has 0 aromatic heterocycles. The van der Waals surface area contributed by atoms with Gasteiger partial charge in [-0.25, -0.2) is 0 Å². The number of unbranched alkanes of at least 4 members (excludes halogenated alkanes) is 15. The van der Waals surface area contributed by atoms with Gasteiger partial charge in [0.2, 0.25) is 5.91 Å². The molecule has 0 bridgehead atoms. The Morgan fingerprint density at radius 1 is 0.786 bits per heavy atom. The Morgan fingerprint density at radius 3 is 1.64 bits per heavy atom. The minimum absolute atomic E-state index is 0.0685. The van der Waals surface area contributed by atoms with Crippen molar-refractivity contribution >= 4 is 16.0 Å². The summed E-state index contributed by atoms with van der Waals surface area (Å²) < 4.78 is 29.6. The molecule has 0 heterocycles. The summed E-state index contributed by atoms with van der Waals surface area (Å²) in [6, 6.07) is 0. The highest BCUT2D eigenvalue weighted by atomic mass is 32.2. The molecule has 0 aliphatic heterocycles. The molecule has 6 heteroatoms. The highest BCUT2D eigenvalue weighted by Crippen LogP contribution is 2.13. The molecule has 0 fully saturated rings. The zero-order valence-corrected chi connectivity index (χ0v) is 18.8. The third-order valence-corrected chi connectivity index (χ3v) is 5.62. The van der Waals surface area contributed by atoms with E-state index in [1.807, 2.05) is 6.08 Å². The topological polar surface area (TPSA) is 83.5 Å². The van der Waals surface area contributed by atoms with Crippen LogP contribution in [-0.4, -0.2) is 31.2 Å². The van der Waals surface area contributed by atoms with E-state index in [-0.39, 0.29) is 12.5 Å². The van der Waals surface area contributed by atoms with Crippen LogP contribution in [0, 0.1) is 0 Å². The van der Waals surface area contributed by atoms with Crippen LogP contribution in [0.1, 0.15) is 110 Å². The molecular formula is C22H43NO4S. The minimum atomic E-state index is -4.01. The predicted octanol–water partition coefficient (Wildman–Crippen LogP) is 5.81. The zero-order chi connectivity index (χ0) is 20.9. The SMILES string of the molecule is CCCCCCCCCCCCCCCCC/C=C/C(=O)NCCS(=O)(=O)O. The molecule has 0 saturated heterocycles. The van der Waals surface area contributed by atoms with Gasteiger partial charge >= 0.3 is 0 Å². The van der Waals surface area contributed by atoms with Gasteiger partial charge in [0, 0.05) is 6.54 Å². The van der Waals surface area contributed by atoms with E-state index in [1.54, 1.807) is 0 Å². The normalized spacial score (nSPS) is 11.9. The van der Waals surface area contributed by atoms with E-state index >= 15 is 0 Å². The van der Waals surface area contributed by atoms with Gasteiger partial charge in [0.15, 0.2) is 0 Å². The molecule has 0 aliphatic rings. The quantitative estimate of drug-likeness (QED) is 0.149. The summed E-state index contributed by atoms with van der Waals surface area (Å²) in [7, 11) is -4.01. The molecule has 1 amide bonds. The zero-order valence-electron chi connectivity index (χ0n) is 18.0. The number of carbonyl (C=O) groups excluding carboxylic acids is 1. The Morgan fingerprint density at radius 2 is 1.21 bits per heavy atom. The molecule has 166 valence electrons. The van der Waals surface area contributed by atoms with Crippen molar-refractivity contribution in [1.29, 1.82) is 0 Å². The first-order valence-electron chi connectivity index (χ1n) is 11.3. The lowest BCUT2D eigenvalue weighted by Crippen LogP contribution is -2.27. The van der Waals surface area contributed by atoms with Crippen LogP contribution in [0.5, 0.6) is 0 Å². The van der Waals surface area contributed by atoms with Crippen molar-refractivity contribution in [1.82, 2.24) is 5.32 Å². The highest BCUT2D eigenvalue weighted by Gasteiger charge is 2.04. The first kappa shape index (κ1) is 27.1. The number of rotatable bonds is 20. The van der Waals surface area contributed by atoms with Gasteiger partial charge in [0.05, 0.1) is 5.75 Å². The Hall–Kier alpha value is -0.880. The van der Waals surface area contributed by atoms with Gasteiger partial charge in [0.1, 0.15) is 0 Å². The summed E-state index contributed by atoms with van der Waals surface area (Å²) in [5.41, 5.74) is 0. The summed E-state index contributed by atoms with van der Waals surface area (Å²) in [6.45, 7) is 2.20. The van der Waals surface area contributed by atoms with Crippen molar-refractivity contribution in [2.45, 2.75) is 110 Å². The van der Waals surface area contributed by atoms with Crippen LogP contribution in [-0.2, 0) is 14.9 Å².